The van der Waals surface area contributed by atoms with Crippen LogP contribution in [-0.4, -0.2) is 11.0 Å². The minimum atomic E-state index is -0.119. The summed E-state index contributed by atoms with van der Waals surface area (Å²) in [6.45, 7) is 1.47. The molecule has 0 fully saturated rings. The molecule has 5 nitrogen and oxygen atoms in total. The van der Waals surface area contributed by atoms with Crippen LogP contribution < -0.4 is 5.32 Å². The second-order valence-electron chi connectivity index (χ2n) is 6.22. The molecular weight excluding hydrogens is 338 g/mol. The Kier molecular flexibility index (Phi) is 4.26. The van der Waals surface area contributed by atoms with Crippen molar-refractivity contribution in [2.45, 2.75) is 6.92 Å². The largest absolute Gasteiger partial charge is 0.507 e. The van der Waals surface area contributed by atoms with Gasteiger partial charge in [-0.05, 0) is 24.3 Å². The van der Waals surface area contributed by atoms with Crippen molar-refractivity contribution in [3.05, 3.63) is 72.8 Å². The van der Waals surface area contributed by atoms with Crippen LogP contribution in [0.15, 0.2) is 83.0 Å². The van der Waals surface area contributed by atoms with Crippen LogP contribution in [0.25, 0.3) is 21.5 Å². The fraction of sp³-hybridized carbons (Fsp3) is 0.0455. The van der Waals surface area contributed by atoms with Crippen LogP contribution in [0, 0.1) is 0 Å². The molecule has 4 aromatic carbocycles. The zero-order valence-electron chi connectivity index (χ0n) is 14.7. The number of fused-ring (bicyclic) bond motifs is 2. The first-order valence-corrected chi connectivity index (χ1v) is 8.55. The summed E-state index contributed by atoms with van der Waals surface area (Å²) in [4.78, 5) is 11.1. The molecule has 0 aromatic heterocycles. The standard InChI is InChI=1S/C22H17N3O2/c1-14(26)23-15-10-12-16(13-11-15)24-25-21-17-6-2-4-8-19(17)22(27)20-9-5-3-7-18(20)21/h2-13,27H,1H3,(H,23,26). The molecule has 0 spiro atoms. The van der Waals surface area contributed by atoms with Gasteiger partial charge in [0.15, 0.2) is 0 Å². The molecule has 0 saturated carbocycles. The minimum absolute atomic E-state index is 0.119. The third kappa shape index (κ3) is 3.22. The van der Waals surface area contributed by atoms with Crippen molar-refractivity contribution in [2.75, 3.05) is 5.32 Å². The molecule has 5 heteroatoms. The van der Waals surface area contributed by atoms with E-state index < -0.39 is 0 Å². The number of rotatable bonds is 3. The Morgan fingerprint density at radius 2 is 1.30 bits per heavy atom. The Morgan fingerprint density at radius 1 is 0.778 bits per heavy atom. The van der Waals surface area contributed by atoms with Crippen molar-refractivity contribution in [1.82, 2.24) is 0 Å². The van der Waals surface area contributed by atoms with E-state index in [0.717, 1.165) is 21.5 Å². The lowest BCUT2D eigenvalue weighted by Gasteiger charge is -2.09. The van der Waals surface area contributed by atoms with Gasteiger partial charge in [0.05, 0.1) is 5.69 Å². The van der Waals surface area contributed by atoms with E-state index in [4.69, 9.17) is 0 Å². The lowest BCUT2D eigenvalue weighted by Crippen LogP contribution is -2.04. The summed E-state index contributed by atoms with van der Waals surface area (Å²) < 4.78 is 0. The average molecular weight is 355 g/mol. The fourth-order valence-electron chi connectivity index (χ4n) is 3.11. The number of nitrogens with one attached hydrogen (secondary N) is 1. The Balaban J connectivity index is 1.82. The zero-order chi connectivity index (χ0) is 18.8. The SMILES string of the molecule is CC(=O)Nc1ccc(N=Nc2c3ccccc3c(O)c3ccccc23)cc1. The van der Waals surface area contributed by atoms with Gasteiger partial charge in [-0.1, -0.05) is 48.5 Å². The number of hydrogen-bond donors (Lipinski definition) is 2. The highest BCUT2D eigenvalue weighted by Gasteiger charge is 2.12. The maximum atomic E-state index is 11.1. The van der Waals surface area contributed by atoms with E-state index in [0.29, 0.717) is 17.1 Å². The van der Waals surface area contributed by atoms with Crippen LogP contribution in [0.2, 0.25) is 0 Å². The van der Waals surface area contributed by atoms with Crippen LogP contribution in [-0.2, 0) is 4.79 Å². The van der Waals surface area contributed by atoms with E-state index in [1.807, 2.05) is 48.5 Å². The molecule has 4 aromatic rings. The summed E-state index contributed by atoms with van der Waals surface area (Å²) in [5.74, 6) is 0.131. The Hall–Kier alpha value is -3.73. The predicted octanol–water partition coefficient (Wildman–Crippen LogP) is 6.07. The third-order valence-corrected chi connectivity index (χ3v) is 4.33. The molecule has 0 unspecified atom stereocenters. The zero-order valence-corrected chi connectivity index (χ0v) is 14.7. The van der Waals surface area contributed by atoms with Crippen molar-refractivity contribution >= 4 is 44.5 Å². The molecular formula is C22H17N3O2. The summed E-state index contributed by atoms with van der Waals surface area (Å²) in [7, 11) is 0. The number of azo groups is 1. The number of carbonyl (C=O) groups excluding carboxylic acids is 1. The number of phenolic OH excluding ortho intramolecular Hbond substituents is 1. The third-order valence-electron chi connectivity index (χ3n) is 4.33. The minimum Gasteiger partial charge on any atom is -0.507 e. The van der Waals surface area contributed by atoms with Crippen molar-refractivity contribution in [1.29, 1.82) is 0 Å². The molecule has 0 radical (unpaired) electrons. The van der Waals surface area contributed by atoms with Gasteiger partial charge >= 0.3 is 0 Å². The number of hydrogen-bond acceptors (Lipinski definition) is 4. The van der Waals surface area contributed by atoms with E-state index in [1.54, 1.807) is 24.3 Å². The van der Waals surface area contributed by atoms with Crippen LogP contribution in [0.1, 0.15) is 6.92 Å². The van der Waals surface area contributed by atoms with Crippen molar-refractivity contribution in [3.63, 3.8) is 0 Å². The van der Waals surface area contributed by atoms with Crippen molar-refractivity contribution < 1.29 is 9.90 Å². The normalized spacial score (nSPS) is 11.3. The van der Waals surface area contributed by atoms with Gasteiger partial charge in [0.2, 0.25) is 5.91 Å². The second-order valence-corrected chi connectivity index (χ2v) is 6.22. The van der Waals surface area contributed by atoms with Gasteiger partial charge in [-0.15, -0.1) is 5.11 Å². The fourth-order valence-corrected chi connectivity index (χ4v) is 3.11. The number of phenols is 1. The molecule has 0 saturated heterocycles. The highest BCUT2D eigenvalue weighted by molar-refractivity contribution is 6.14. The monoisotopic (exact) mass is 355 g/mol. The van der Waals surface area contributed by atoms with Crippen molar-refractivity contribution in [2.24, 2.45) is 10.2 Å². The first-order valence-electron chi connectivity index (χ1n) is 8.55. The molecule has 1 amide bonds. The summed E-state index contributed by atoms with van der Waals surface area (Å²) in [5.41, 5.74) is 2.09. The van der Waals surface area contributed by atoms with Gasteiger partial charge in [0.1, 0.15) is 11.4 Å². The van der Waals surface area contributed by atoms with E-state index >= 15 is 0 Å². The Bertz CT molecular complexity index is 1120. The molecule has 0 aliphatic heterocycles. The quantitative estimate of drug-likeness (QED) is 0.345. The number of anilines is 1. The van der Waals surface area contributed by atoms with Gasteiger partial charge in [-0.3, -0.25) is 4.79 Å². The van der Waals surface area contributed by atoms with Crippen LogP contribution >= 0.6 is 0 Å². The molecule has 132 valence electrons. The highest BCUT2D eigenvalue weighted by Crippen LogP contribution is 2.42. The molecule has 0 aliphatic carbocycles. The Morgan fingerprint density at radius 3 is 1.81 bits per heavy atom. The number of benzene rings is 4. The lowest BCUT2D eigenvalue weighted by atomic mass is 10.00. The first kappa shape index (κ1) is 16.7. The summed E-state index contributed by atoms with van der Waals surface area (Å²) in [6.07, 6.45) is 0. The van der Waals surface area contributed by atoms with E-state index in [9.17, 15) is 9.90 Å². The molecule has 0 atom stereocenters. The van der Waals surface area contributed by atoms with Crippen molar-refractivity contribution in [3.8, 4) is 5.75 Å². The smallest absolute Gasteiger partial charge is 0.221 e. The van der Waals surface area contributed by atoms with Gasteiger partial charge in [0.25, 0.3) is 0 Å². The topological polar surface area (TPSA) is 74.0 Å². The van der Waals surface area contributed by atoms with E-state index in [1.165, 1.54) is 6.92 Å². The number of amides is 1. The Labute approximate surface area is 156 Å². The average Bonchev–Trinajstić information content (AvgIpc) is 2.69. The van der Waals surface area contributed by atoms with Gasteiger partial charge in [-0.25, -0.2) is 0 Å². The van der Waals surface area contributed by atoms with Crippen LogP contribution in [0.5, 0.6) is 5.75 Å². The van der Waals surface area contributed by atoms with Gasteiger partial charge in [0, 0.05) is 34.2 Å². The lowest BCUT2D eigenvalue weighted by molar-refractivity contribution is -0.114. The number of carbonyl (C=O) groups is 1. The van der Waals surface area contributed by atoms with Crippen LogP contribution in [0.3, 0.4) is 0 Å². The van der Waals surface area contributed by atoms with Gasteiger partial charge < -0.3 is 10.4 Å². The van der Waals surface area contributed by atoms with E-state index in [2.05, 4.69) is 15.5 Å². The molecule has 0 aliphatic rings. The van der Waals surface area contributed by atoms with Crippen LogP contribution in [0.4, 0.5) is 17.1 Å². The molecule has 0 bridgehead atoms. The molecule has 2 N–H and O–H groups in total. The summed E-state index contributed by atoms with van der Waals surface area (Å²) >= 11 is 0. The number of aromatic hydroxyl groups is 1. The predicted molar refractivity (Wildman–Crippen MR) is 108 cm³/mol. The second kappa shape index (κ2) is 6.88. The number of nitrogens with zero attached hydrogens (tertiary/aromatic N) is 2. The molecule has 0 heterocycles. The van der Waals surface area contributed by atoms with E-state index in [-0.39, 0.29) is 11.7 Å². The maximum Gasteiger partial charge on any atom is 0.221 e. The summed E-state index contributed by atoms with van der Waals surface area (Å²) in [6, 6.07) is 22.3. The first-order chi connectivity index (χ1) is 13.1. The van der Waals surface area contributed by atoms with Gasteiger partial charge in [-0.2, -0.15) is 5.11 Å². The summed E-state index contributed by atoms with van der Waals surface area (Å²) in [5, 5.41) is 25.3. The maximum absolute atomic E-state index is 11.1. The molecule has 27 heavy (non-hydrogen) atoms. The molecule has 4 rings (SSSR count). The highest BCUT2D eigenvalue weighted by atomic mass is 16.3.